The molecule has 0 saturated heterocycles. The second kappa shape index (κ2) is 4.93. The molecule has 88 valence electrons. The third-order valence-electron chi connectivity index (χ3n) is 2.47. The van der Waals surface area contributed by atoms with Crippen LogP contribution in [0.25, 0.3) is 0 Å². The van der Waals surface area contributed by atoms with E-state index in [1.807, 2.05) is 0 Å². The summed E-state index contributed by atoms with van der Waals surface area (Å²) in [5, 5.41) is 2.84. The first-order chi connectivity index (χ1) is 8.22. The summed E-state index contributed by atoms with van der Waals surface area (Å²) in [4.78, 5) is 0. The van der Waals surface area contributed by atoms with Crippen molar-refractivity contribution in [1.29, 1.82) is 0 Å². The Bertz CT molecular complexity index is 527. The summed E-state index contributed by atoms with van der Waals surface area (Å²) in [5.74, 6) is -0.784. The van der Waals surface area contributed by atoms with Gasteiger partial charge in [0.05, 0.1) is 5.69 Å². The Hall–Kier alpha value is -1.94. The number of nitrogens with one attached hydrogen (secondary N) is 1. The molecule has 0 aromatic heterocycles. The van der Waals surface area contributed by atoms with Crippen LogP contribution >= 0.6 is 0 Å². The summed E-state index contributed by atoms with van der Waals surface area (Å²) >= 11 is 0. The molecular formula is C13H12F2N2. The third kappa shape index (κ3) is 2.42. The minimum absolute atomic E-state index is 0.0590. The average molecular weight is 234 g/mol. The second-order valence-corrected chi connectivity index (χ2v) is 3.57. The van der Waals surface area contributed by atoms with Crippen molar-refractivity contribution in [3.63, 3.8) is 0 Å². The average Bonchev–Trinajstić information content (AvgIpc) is 2.32. The molecular weight excluding hydrogens is 222 g/mol. The molecule has 2 nitrogen and oxygen atoms in total. The lowest BCUT2D eigenvalue weighted by Gasteiger charge is -2.12. The van der Waals surface area contributed by atoms with E-state index in [4.69, 9.17) is 5.73 Å². The molecule has 3 N–H and O–H groups in total. The van der Waals surface area contributed by atoms with Crippen molar-refractivity contribution in [3.05, 3.63) is 59.7 Å². The fraction of sp³-hybridized carbons (Fsp3) is 0.0769. The lowest BCUT2D eigenvalue weighted by Crippen LogP contribution is -2.05. The number of hydrogen-bond donors (Lipinski definition) is 2. The van der Waals surface area contributed by atoms with E-state index in [1.54, 1.807) is 30.3 Å². The van der Waals surface area contributed by atoms with Gasteiger partial charge in [0.15, 0.2) is 0 Å². The highest BCUT2D eigenvalue weighted by Crippen LogP contribution is 2.24. The Morgan fingerprint density at radius 1 is 0.882 bits per heavy atom. The van der Waals surface area contributed by atoms with E-state index >= 15 is 0 Å². The third-order valence-corrected chi connectivity index (χ3v) is 2.47. The van der Waals surface area contributed by atoms with Crippen LogP contribution < -0.4 is 11.1 Å². The maximum Gasteiger partial charge on any atom is 0.146 e. The van der Waals surface area contributed by atoms with Gasteiger partial charge in [0, 0.05) is 17.8 Å². The van der Waals surface area contributed by atoms with Gasteiger partial charge in [0.25, 0.3) is 0 Å². The van der Waals surface area contributed by atoms with Gasteiger partial charge in [-0.2, -0.15) is 0 Å². The van der Waals surface area contributed by atoms with Crippen LogP contribution in [-0.4, -0.2) is 0 Å². The largest absolute Gasteiger partial charge is 0.353 e. The maximum atomic E-state index is 13.4. The first-order valence-electron chi connectivity index (χ1n) is 5.21. The van der Waals surface area contributed by atoms with Crippen LogP contribution in [0.4, 0.5) is 20.2 Å². The molecule has 17 heavy (non-hydrogen) atoms. The first-order valence-corrected chi connectivity index (χ1v) is 5.21. The van der Waals surface area contributed by atoms with Gasteiger partial charge in [-0.25, -0.2) is 8.78 Å². The number of hydrogen-bond acceptors (Lipinski definition) is 2. The molecule has 2 aromatic rings. The molecule has 0 spiro atoms. The van der Waals surface area contributed by atoms with Crippen LogP contribution in [0, 0.1) is 11.6 Å². The van der Waals surface area contributed by atoms with Gasteiger partial charge in [-0.3, -0.25) is 0 Å². The van der Waals surface area contributed by atoms with Crippen molar-refractivity contribution < 1.29 is 8.78 Å². The van der Waals surface area contributed by atoms with Gasteiger partial charge >= 0.3 is 0 Å². The van der Waals surface area contributed by atoms with Crippen LogP contribution in [0.15, 0.2) is 42.5 Å². The summed E-state index contributed by atoms with van der Waals surface area (Å²) < 4.78 is 26.9. The molecule has 2 rings (SSSR count). The number of halogens is 2. The zero-order valence-corrected chi connectivity index (χ0v) is 9.08. The van der Waals surface area contributed by atoms with Gasteiger partial charge in [-0.1, -0.05) is 18.2 Å². The molecule has 4 heteroatoms. The summed E-state index contributed by atoms with van der Waals surface area (Å²) in [6.45, 7) is 0.0590. The molecule has 0 bridgehead atoms. The molecule has 0 aliphatic rings. The normalized spacial score (nSPS) is 10.3. The number of nitrogens with two attached hydrogens (primary N) is 1. The van der Waals surface area contributed by atoms with E-state index in [1.165, 1.54) is 12.1 Å². The zero-order valence-electron chi connectivity index (χ0n) is 9.08. The van der Waals surface area contributed by atoms with Gasteiger partial charge < -0.3 is 11.1 Å². The fourth-order valence-corrected chi connectivity index (χ4v) is 1.59. The van der Waals surface area contributed by atoms with Crippen LogP contribution in [-0.2, 0) is 6.54 Å². The molecule has 0 atom stereocenters. The lowest BCUT2D eigenvalue weighted by atomic mass is 10.1. The second-order valence-electron chi connectivity index (χ2n) is 3.57. The molecule has 0 aliphatic heterocycles. The standard InChI is InChI=1S/C13H12F2N2/c14-10-5-3-7-12(9(10)8-16)17-13-6-2-1-4-11(13)15/h1-7,17H,8,16H2. The summed E-state index contributed by atoms with van der Waals surface area (Å²) in [7, 11) is 0. The van der Waals surface area contributed by atoms with Crippen LogP contribution in [0.1, 0.15) is 5.56 Å². The zero-order chi connectivity index (χ0) is 12.3. The van der Waals surface area contributed by atoms with Gasteiger partial charge in [-0.05, 0) is 24.3 Å². The highest BCUT2D eigenvalue weighted by molar-refractivity contribution is 5.63. The number of rotatable bonds is 3. The quantitative estimate of drug-likeness (QED) is 0.856. The van der Waals surface area contributed by atoms with Crippen molar-refractivity contribution in [2.24, 2.45) is 5.73 Å². The van der Waals surface area contributed by atoms with Gasteiger partial charge in [0.2, 0.25) is 0 Å². The Morgan fingerprint density at radius 3 is 2.24 bits per heavy atom. The van der Waals surface area contributed by atoms with Crippen molar-refractivity contribution in [2.75, 3.05) is 5.32 Å². The molecule has 0 aliphatic carbocycles. The van der Waals surface area contributed by atoms with E-state index in [-0.39, 0.29) is 12.4 Å². The van der Waals surface area contributed by atoms with Crippen LogP contribution in [0.3, 0.4) is 0 Å². The number of anilines is 2. The molecule has 0 radical (unpaired) electrons. The number of benzene rings is 2. The SMILES string of the molecule is NCc1c(F)cccc1Nc1ccccc1F. The van der Waals surface area contributed by atoms with Crippen LogP contribution in [0.2, 0.25) is 0 Å². The molecule has 0 saturated carbocycles. The summed E-state index contributed by atoms with van der Waals surface area (Å²) in [5.41, 5.74) is 6.60. The van der Waals surface area contributed by atoms with Crippen molar-refractivity contribution in [1.82, 2.24) is 0 Å². The number of para-hydroxylation sites is 1. The van der Waals surface area contributed by atoms with E-state index in [0.29, 0.717) is 16.9 Å². The Labute approximate surface area is 98.1 Å². The summed E-state index contributed by atoms with van der Waals surface area (Å²) in [6.07, 6.45) is 0. The van der Waals surface area contributed by atoms with Crippen molar-refractivity contribution in [2.45, 2.75) is 6.54 Å². The van der Waals surface area contributed by atoms with Crippen LogP contribution in [0.5, 0.6) is 0 Å². The molecule has 0 unspecified atom stereocenters. The van der Waals surface area contributed by atoms with E-state index in [9.17, 15) is 8.78 Å². The summed E-state index contributed by atoms with van der Waals surface area (Å²) in [6, 6.07) is 10.8. The van der Waals surface area contributed by atoms with Crippen molar-refractivity contribution >= 4 is 11.4 Å². The molecule has 2 aromatic carbocycles. The Kier molecular flexibility index (Phi) is 3.35. The van der Waals surface area contributed by atoms with E-state index < -0.39 is 5.82 Å². The smallest absolute Gasteiger partial charge is 0.146 e. The maximum absolute atomic E-state index is 13.4. The highest BCUT2D eigenvalue weighted by atomic mass is 19.1. The first kappa shape index (κ1) is 11.5. The van der Waals surface area contributed by atoms with Gasteiger partial charge in [-0.15, -0.1) is 0 Å². The molecule has 0 fully saturated rings. The Balaban J connectivity index is 2.37. The molecule has 0 heterocycles. The van der Waals surface area contributed by atoms with E-state index in [2.05, 4.69) is 5.32 Å². The van der Waals surface area contributed by atoms with Crippen molar-refractivity contribution in [3.8, 4) is 0 Å². The Morgan fingerprint density at radius 2 is 1.53 bits per heavy atom. The monoisotopic (exact) mass is 234 g/mol. The predicted molar refractivity (Wildman–Crippen MR) is 64.0 cm³/mol. The minimum Gasteiger partial charge on any atom is -0.353 e. The van der Waals surface area contributed by atoms with Gasteiger partial charge in [0.1, 0.15) is 11.6 Å². The lowest BCUT2D eigenvalue weighted by molar-refractivity contribution is 0.611. The predicted octanol–water partition coefficient (Wildman–Crippen LogP) is 3.17. The highest BCUT2D eigenvalue weighted by Gasteiger charge is 2.08. The van der Waals surface area contributed by atoms with E-state index in [0.717, 1.165) is 0 Å². The topological polar surface area (TPSA) is 38.0 Å². The molecule has 0 amide bonds. The fourth-order valence-electron chi connectivity index (χ4n) is 1.59. The minimum atomic E-state index is -0.395.